The molecule has 3 aromatic rings. The number of hydrogen-bond donors (Lipinski definition) is 2. The summed E-state index contributed by atoms with van der Waals surface area (Å²) < 4.78 is 12.0. The summed E-state index contributed by atoms with van der Waals surface area (Å²) in [5.74, 6) is -1.33. The molecule has 2 N–H and O–H groups in total. The van der Waals surface area contributed by atoms with E-state index in [0.717, 1.165) is 16.5 Å². The Labute approximate surface area is 207 Å². The smallest absolute Gasteiger partial charge is 0.230 e. The van der Waals surface area contributed by atoms with Crippen LogP contribution in [-0.4, -0.2) is 51.8 Å². The van der Waals surface area contributed by atoms with E-state index in [0.29, 0.717) is 18.7 Å². The number of Topliss-reactive ketones (excluding diaryl/α,β-unsaturated/α-hetero) is 1. The number of carbonyl (C=O) groups excluding carboxylic acids is 3. The van der Waals surface area contributed by atoms with E-state index in [4.69, 9.17) is 9.15 Å². The van der Waals surface area contributed by atoms with Crippen molar-refractivity contribution < 1.29 is 23.5 Å². The Morgan fingerprint density at radius 1 is 1.22 bits per heavy atom. The average molecular weight is 486 g/mol. The van der Waals surface area contributed by atoms with Crippen molar-refractivity contribution in [1.82, 2.24) is 15.2 Å². The molecule has 2 amide bonds. The number of aromatic amines is 1. The Hall–Kier alpha value is -3.65. The molecule has 0 radical (unpaired) electrons. The molecule has 8 heteroatoms. The van der Waals surface area contributed by atoms with E-state index in [2.05, 4.69) is 16.4 Å². The minimum absolute atomic E-state index is 0.0764. The summed E-state index contributed by atoms with van der Waals surface area (Å²) in [6.07, 6.45) is 7.75. The van der Waals surface area contributed by atoms with Gasteiger partial charge in [-0.1, -0.05) is 37.3 Å². The Kier molecular flexibility index (Phi) is 4.61. The third-order valence-electron chi connectivity index (χ3n) is 8.62. The second-order valence-electron chi connectivity index (χ2n) is 10.4. The first-order chi connectivity index (χ1) is 17.5. The van der Waals surface area contributed by atoms with Crippen LogP contribution in [0.15, 0.2) is 65.4 Å². The summed E-state index contributed by atoms with van der Waals surface area (Å²) in [6, 6.07) is 10.7. The molecule has 4 aliphatic heterocycles. The van der Waals surface area contributed by atoms with E-state index >= 15 is 0 Å². The van der Waals surface area contributed by atoms with E-state index in [1.165, 1.54) is 0 Å². The van der Waals surface area contributed by atoms with Crippen molar-refractivity contribution in [3.05, 3.63) is 72.3 Å². The summed E-state index contributed by atoms with van der Waals surface area (Å²) in [5.41, 5.74) is 1.23. The van der Waals surface area contributed by atoms with E-state index in [-0.39, 0.29) is 24.0 Å². The summed E-state index contributed by atoms with van der Waals surface area (Å²) in [7, 11) is 0. The quantitative estimate of drug-likeness (QED) is 0.541. The molecule has 3 saturated heterocycles. The molecule has 6 heterocycles. The third-order valence-corrected chi connectivity index (χ3v) is 8.62. The molecule has 1 aromatic carbocycles. The van der Waals surface area contributed by atoms with Crippen molar-refractivity contribution in [3.8, 4) is 0 Å². The van der Waals surface area contributed by atoms with Gasteiger partial charge in [-0.15, -0.1) is 0 Å². The van der Waals surface area contributed by atoms with Crippen LogP contribution in [0.4, 0.5) is 0 Å². The maximum Gasteiger partial charge on any atom is 0.230 e. The first-order valence-electron chi connectivity index (χ1n) is 12.6. The van der Waals surface area contributed by atoms with Gasteiger partial charge in [-0.2, -0.15) is 0 Å². The van der Waals surface area contributed by atoms with E-state index in [1.54, 1.807) is 23.3 Å². The molecule has 8 nitrogen and oxygen atoms in total. The molecule has 7 rings (SSSR count). The van der Waals surface area contributed by atoms with Crippen molar-refractivity contribution in [2.75, 3.05) is 6.54 Å². The van der Waals surface area contributed by atoms with Gasteiger partial charge in [0.1, 0.15) is 17.1 Å². The second-order valence-corrected chi connectivity index (χ2v) is 10.4. The van der Waals surface area contributed by atoms with Crippen LogP contribution in [-0.2, 0) is 25.5 Å². The van der Waals surface area contributed by atoms with E-state index in [9.17, 15) is 14.4 Å². The van der Waals surface area contributed by atoms with E-state index < -0.39 is 41.5 Å². The highest BCUT2D eigenvalue weighted by Crippen LogP contribution is 2.59. The molecule has 2 aromatic heterocycles. The summed E-state index contributed by atoms with van der Waals surface area (Å²) in [6.45, 7) is 2.32. The van der Waals surface area contributed by atoms with Crippen LogP contribution in [0.5, 0.6) is 0 Å². The minimum atomic E-state index is -0.971. The zero-order chi connectivity index (χ0) is 24.6. The number of amides is 2. The Balaban J connectivity index is 1.15. The number of nitrogens with one attached hydrogen (secondary N) is 2. The number of ether oxygens (including phenoxy) is 1. The molecule has 7 atom stereocenters. The summed E-state index contributed by atoms with van der Waals surface area (Å²) >= 11 is 0. The molecule has 1 spiro atoms. The number of H-pyrrole nitrogens is 1. The Morgan fingerprint density at radius 3 is 2.92 bits per heavy atom. The van der Waals surface area contributed by atoms with Crippen molar-refractivity contribution in [1.29, 1.82) is 0 Å². The number of piperidine rings is 1. The number of rotatable bonds is 5. The predicted molar refractivity (Wildman–Crippen MR) is 130 cm³/mol. The number of ketones is 1. The number of furan rings is 1. The lowest BCUT2D eigenvalue weighted by Crippen LogP contribution is -2.55. The topological polar surface area (TPSA) is 105 Å². The number of aromatic nitrogens is 1. The largest absolute Gasteiger partial charge is 0.467 e. The van der Waals surface area contributed by atoms with Crippen molar-refractivity contribution in [3.63, 3.8) is 0 Å². The van der Waals surface area contributed by atoms with Gasteiger partial charge in [0.15, 0.2) is 0 Å². The molecular weight excluding hydrogens is 458 g/mol. The first kappa shape index (κ1) is 21.6. The number of carbonyl (C=O) groups is 3. The van der Waals surface area contributed by atoms with Gasteiger partial charge in [0, 0.05) is 36.0 Å². The summed E-state index contributed by atoms with van der Waals surface area (Å²) in [5, 5.41) is 4.20. The minimum Gasteiger partial charge on any atom is -0.467 e. The van der Waals surface area contributed by atoms with Gasteiger partial charge in [-0.05, 0) is 30.2 Å². The predicted octanol–water partition coefficient (Wildman–Crippen LogP) is 2.92. The standard InChI is InChI=1S/C28H27N3O5/c1-15-20(32)13-19(21-7-4-12-35-21)31-25(15)28-10-8-22(36-28)23(24(28)27(31)34)26(33)29-11-9-16-14-30-18-6-3-2-5-17(16)18/h2-8,10,12,14-15,19,22-25,30H,9,11,13H2,1H3,(H,29,33)/t15-,19+,22+,23+,24-,25+,28-/m0/s1. The highest BCUT2D eigenvalue weighted by atomic mass is 16.5. The highest BCUT2D eigenvalue weighted by Gasteiger charge is 2.74. The first-order valence-corrected chi connectivity index (χ1v) is 12.6. The van der Waals surface area contributed by atoms with Crippen molar-refractivity contribution >= 4 is 28.5 Å². The number of para-hydroxylation sites is 1. The second kappa shape index (κ2) is 7.67. The van der Waals surface area contributed by atoms with Crippen LogP contribution < -0.4 is 5.32 Å². The summed E-state index contributed by atoms with van der Waals surface area (Å²) in [4.78, 5) is 45.5. The van der Waals surface area contributed by atoms with Crippen LogP contribution in [0.3, 0.4) is 0 Å². The SMILES string of the molecule is C[C@H]1C(=O)C[C@H](c2ccco2)N2C(=O)[C@@H]3[C@H](C(=O)NCCc4c[nH]c5ccccc45)[C@H]4C=C[C@@]3(O4)[C@@H]12. The van der Waals surface area contributed by atoms with Gasteiger partial charge in [0.05, 0.1) is 36.3 Å². The molecular formula is C28H27N3O5. The van der Waals surface area contributed by atoms with Gasteiger partial charge in [-0.3, -0.25) is 14.4 Å². The fourth-order valence-corrected chi connectivity index (χ4v) is 7.04. The molecule has 0 unspecified atom stereocenters. The molecule has 2 bridgehead atoms. The molecule has 0 saturated carbocycles. The van der Waals surface area contributed by atoms with Crippen LogP contribution in [0.2, 0.25) is 0 Å². The van der Waals surface area contributed by atoms with Gasteiger partial charge in [0.25, 0.3) is 0 Å². The molecule has 0 aliphatic carbocycles. The Bertz CT molecular complexity index is 1410. The van der Waals surface area contributed by atoms with Gasteiger partial charge >= 0.3 is 0 Å². The number of hydrogen-bond acceptors (Lipinski definition) is 5. The maximum absolute atomic E-state index is 14.0. The van der Waals surface area contributed by atoms with Crippen molar-refractivity contribution in [2.45, 2.75) is 43.6 Å². The lowest BCUT2D eigenvalue weighted by atomic mass is 9.70. The number of benzene rings is 1. The Morgan fingerprint density at radius 2 is 2.08 bits per heavy atom. The maximum atomic E-state index is 14.0. The van der Waals surface area contributed by atoms with Gasteiger partial charge in [0.2, 0.25) is 11.8 Å². The monoisotopic (exact) mass is 485 g/mol. The number of nitrogens with zero attached hydrogens (tertiary/aromatic N) is 1. The zero-order valence-electron chi connectivity index (χ0n) is 19.8. The normalized spacial score (nSPS) is 34.4. The van der Waals surface area contributed by atoms with E-state index in [1.807, 2.05) is 43.5 Å². The third kappa shape index (κ3) is 2.82. The number of fused-ring (bicyclic) bond motifs is 3. The lowest BCUT2D eigenvalue weighted by molar-refractivity contribution is -0.148. The van der Waals surface area contributed by atoms with Crippen LogP contribution in [0.25, 0.3) is 10.9 Å². The highest BCUT2D eigenvalue weighted by molar-refractivity contribution is 5.96. The lowest BCUT2D eigenvalue weighted by Gasteiger charge is -2.43. The van der Waals surface area contributed by atoms with Crippen molar-refractivity contribution in [2.24, 2.45) is 17.8 Å². The van der Waals surface area contributed by atoms with Crippen LogP contribution >= 0.6 is 0 Å². The van der Waals surface area contributed by atoms with Crippen LogP contribution in [0, 0.1) is 17.8 Å². The molecule has 4 aliphatic rings. The van der Waals surface area contributed by atoms with Gasteiger partial charge in [-0.25, -0.2) is 0 Å². The van der Waals surface area contributed by atoms with Crippen LogP contribution in [0.1, 0.15) is 30.7 Å². The fraction of sp³-hybridized carbons (Fsp3) is 0.393. The fourth-order valence-electron chi connectivity index (χ4n) is 7.04. The molecule has 36 heavy (non-hydrogen) atoms. The molecule has 3 fully saturated rings. The molecule has 184 valence electrons. The van der Waals surface area contributed by atoms with Gasteiger partial charge < -0.3 is 24.4 Å². The average Bonchev–Trinajstić information content (AvgIpc) is 3.69. The zero-order valence-corrected chi connectivity index (χ0v) is 19.8.